The fourth-order valence-electron chi connectivity index (χ4n) is 3.10. The van der Waals surface area contributed by atoms with E-state index in [1.165, 1.54) is 5.56 Å². The van der Waals surface area contributed by atoms with Crippen molar-refractivity contribution >= 4 is 5.69 Å². The number of anilines is 1. The van der Waals surface area contributed by atoms with Gasteiger partial charge in [-0.2, -0.15) is 0 Å². The minimum Gasteiger partial charge on any atom is -0.492 e. The largest absolute Gasteiger partial charge is 0.492 e. The molecule has 2 aromatic rings. The van der Waals surface area contributed by atoms with Crippen LogP contribution in [0.15, 0.2) is 48.5 Å². The highest BCUT2D eigenvalue weighted by atomic mass is 16.5. The zero-order valence-corrected chi connectivity index (χ0v) is 16.7. The monoisotopic (exact) mass is 369 g/mol. The summed E-state index contributed by atoms with van der Waals surface area (Å²) in [5.41, 5.74) is 2.46. The van der Waals surface area contributed by atoms with Gasteiger partial charge in [-0.15, -0.1) is 0 Å². The highest BCUT2D eigenvalue weighted by molar-refractivity contribution is 5.56. The summed E-state index contributed by atoms with van der Waals surface area (Å²) in [6.07, 6.45) is 2.43. The van der Waals surface area contributed by atoms with Crippen LogP contribution in [0.1, 0.15) is 39.2 Å². The van der Waals surface area contributed by atoms with Gasteiger partial charge in [0.05, 0.1) is 11.8 Å². The molecule has 0 aliphatic carbocycles. The SMILES string of the molecule is CC(C)(C)c1ccc(OCCNc2ccccc2OCC2CCCO2)cc1. The van der Waals surface area contributed by atoms with Gasteiger partial charge in [0.1, 0.15) is 24.7 Å². The minimum atomic E-state index is 0.160. The van der Waals surface area contributed by atoms with Crippen LogP contribution in [0.3, 0.4) is 0 Å². The molecule has 1 aliphatic heterocycles. The van der Waals surface area contributed by atoms with Gasteiger partial charge < -0.3 is 19.5 Å². The third kappa shape index (κ3) is 5.90. The van der Waals surface area contributed by atoms with Gasteiger partial charge in [-0.3, -0.25) is 0 Å². The van der Waals surface area contributed by atoms with E-state index in [0.29, 0.717) is 19.8 Å². The Hall–Kier alpha value is -2.20. The lowest BCUT2D eigenvalue weighted by Gasteiger charge is -2.19. The zero-order chi connectivity index (χ0) is 19.1. The first kappa shape index (κ1) is 19.6. The van der Waals surface area contributed by atoms with E-state index in [4.69, 9.17) is 14.2 Å². The van der Waals surface area contributed by atoms with Crippen molar-refractivity contribution in [2.45, 2.75) is 45.1 Å². The van der Waals surface area contributed by atoms with Gasteiger partial charge in [0.2, 0.25) is 0 Å². The molecule has 1 unspecified atom stereocenters. The van der Waals surface area contributed by atoms with Crippen LogP contribution >= 0.6 is 0 Å². The first-order chi connectivity index (χ1) is 13.0. The Morgan fingerprint density at radius 2 is 1.81 bits per heavy atom. The number of rotatable bonds is 8. The number of hydrogen-bond acceptors (Lipinski definition) is 4. The van der Waals surface area contributed by atoms with Crippen molar-refractivity contribution in [1.82, 2.24) is 0 Å². The van der Waals surface area contributed by atoms with Gasteiger partial charge in [-0.05, 0) is 48.1 Å². The van der Waals surface area contributed by atoms with Gasteiger partial charge in [0.15, 0.2) is 0 Å². The standard InChI is InChI=1S/C23H31NO3/c1-23(2,3)18-10-12-19(13-11-18)26-16-14-24-21-8-4-5-9-22(21)27-17-20-7-6-15-25-20/h4-5,8-13,20,24H,6-7,14-17H2,1-3H3. The molecule has 0 radical (unpaired) electrons. The van der Waals surface area contributed by atoms with Crippen LogP contribution in [-0.4, -0.2) is 32.5 Å². The fourth-order valence-corrected chi connectivity index (χ4v) is 3.10. The molecule has 2 aromatic carbocycles. The van der Waals surface area contributed by atoms with Crippen LogP contribution in [-0.2, 0) is 10.2 Å². The molecule has 1 aliphatic rings. The van der Waals surface area contributed by atoms with Gasteiger partial charge in [0.25, 0.3) is 0 Å². The van der Waals surface area contributed by atoms with E-state index in [1.807, 2.05) is 36.4 Å². The molecule has 0 bridgehead atoms. The highest BCUT2D eigenvalue weighted by Crippen LogP contribution is 2.26. The molecule has 3 rings (SSSR count). The summed E-state index contributed by atoms with van der Waals surface area (Å²) in [6.45, 7) is 9.40. The van der Waals surface area contributed by atoms with E-state index >= 15 is 0 Å². The number of benzene rings is 2. The minimum absolute atomic E-state index is 0.160. The molecule has 0 aromatic heterocycles. The maximum Gasteiger partial charge on any atom is 0.142 e. The summed E-state index contributed by atoms with van der Waals surface area (Å²) in [4.78, 5) is 0. The predicted octanol–water partition coefficient (Wildman–Crippen LogP) is 5.03. The molecule has 4 nitrogen and oxygen atoms in total. The zero-order valence-electron chi connectivity index (χ0n) is 16.7. The molecule has 1 atom stereocenters. The fraction of sp³-hybridized carbons (Fsp3) is 0.478. The molecule has 146 valence electrons. The lowest BCUT2D eigenvalue weighted by molar-refractivity contribution is 0.0682. The molecule has 1 heterocycles. The average Bonchev–Trinajstić information content (AvgIpc) is 3.17. The van der Waals surface area contributed by atoms with E-state index in [0.717, 1.165) is 36.6 Å². The topological polar surface area (TPSA) is 39.7 Å². The van der Waals surface area contributed by atoms with Crippen molar-refractivity contribution in [2.75, 3.05) is 31.7 Å². The summed E-state index contributed by atoms with van der Waals surface area (Å²) in [5.74, 6) is 1.76. The Morgan fingerprint density at radius 3 is 2.52 bits per heavy atom. The molecule has 1 fully saturated rings. The van der Waals surface area contributed by atoms with E-state index < -0.39 is 0 Å². The summed E-state index contributed by atoms with van der Waals surface area (Å²) >= 11 is 0. The normalized spacial score (nSPS) is 16.9. The third-order valence-electron chi connectivity index (χ3n) is 4.74. The molecule has 0 amide bonds. The van der Waals surface area contributed by atoms with Crippen molar-refractivity contribution in [3.8, 4) is 11.5 Å². The summed E-state index contributed by atoms with van der Waals surface area (Å²) in [6, 6.07) is 16.4. The van der Waals surface area contributed by atoms with E-state index in [-0.39, 0.29) is 11.5 Å². The summed E-state index contributed by atoms with van der Waals surface area (Å²) < 4.78 is 17.4. The Labute approximate surface area is 162 Å². The van der Waals surface area contributed by atoms with Crippen LogP contribution in [0.25, 0.3) is 0 Å². The van der Waals surface area contributed by atoms with Gasteiger partial charge in [-0.1, -0.05) is 45.0 Å². The van der Waals surface area contributed by atoms with Crippen molar-refractivity contribution in [3.63, 3.8) is 0 Å². The molecular formula is C23H31NO3. The Balaban J connectivity index is 1.45. The lowest BCUT2D eigenvalue weighted by Crippen LogP contribution is -2.17. The number of para-hydroxylation sites is 2. The molecule has 4 heteroatoms. The second kappa shape index (κ2) is 9.14. The van der Waals surface area contributed by atoms with Gasteiger partial charge in [0, 0.05) is 13.2 Å². The first-order valence-electron chi connectivity index (χ1n) is 9.83. The lowest BCUT2D eigenvalue weighted by atomic mass is 9.87. The second-order valence-electron chi connectivity index (χ2n) is 7.99. The van der Waals surface area contributed by atoms with E-state index in [1.54, 1.807) is 0 Å². The number of hydrogen-bond donors (Lipinski definition) is 1. The number of nitrogens with one attached hydrogen (secondary N) is 1. The molecule has 0 spiro atoms. The van der Waals surface area contributed by atoms with E-state index in [2.05, 4.69) is 38.2 Å². The van der Waals surface area contributed by atoms with Gasteiger partial charge in [-0.25, -0.2) is 0 Å². The summed E-state index contributed by atoms with van der Waals surface area (Å²) in [5, 5.41) is 3.40. The second-order valence-corrected chi connectivity index (χ2v) is 7.99. The van der Waals surface area contributed by atoms with E-state index in [9.17, 15) is 0 Å². The van der Waals surface area contributed by atoms with Crippen LogP contribution < -0.4 is 14.8 Å². The quantitative estimate of drug-likeness (QED) is 0.662. The van der Waals surface area contributed by atoms with Crippen molar-refractivity contribution in [1.29, 1.82) is 0 Å². The first-order valence-corrected chi connectivity index (χ1v) is 9.83. The smallest absolute Gasteiger partial charge is 0.142 e. The molecule has 1 saturated heterocycles. The molecule has 1 N–H and O–H groups in total. The molecular weight excluding hydrogens is 338 g/mol. The third-order valence-corrected chi connectivity index (χ3v) is 4.74. The Bertz CT molecular complexity index is 700. The van der Waals surface area contributed by atoms with Crippen LogP contribution in [0.4, 0.5) is 5.69 Å². The van der Waals surface area contributed by atoms with Crippen molar-refractivity contribution in [2.24, 2.45) is 0 Å². The Morgan fingerprint density at radius 1 is 1.04 bits per heavy atom. The summed E-state index contributed by atoms with van der Waals surface area (Å²) in [7, 11) is 0. The van der Waals surface area contributed by atoms with Crippen molar-refractivity contribution in [3.05, 3.63) is 54.1 Å². The Kier molecular flexibility index (Phi) is 6.62. The van der Waals surface area contributed by atoms with Crippen LogP contribution in [0, 0.1) is 0 Å². The van der Waals surface area contributed by atoms with Crippen LogP contribution in [0.5, 0.6) is 11.5 Å². The molecule has 27 heavy (non-hydrogen) atoms. The molecule has 0 saturated carbocycles. The highest BCUT2D eigenvalue weighted by Gasteiger charge is 2.16. The maximum absolute atomic E-state index is 5.95. The van der Waals surface area contributed by atoms with Crippen LogP contribution in [0.2, 0.25) is 0 Å². The van der Waals surface area contributed by atoms with Gasteiger partial charge >= 0.3 is 0 Å². The number of ether oxygens (including phenoxy) is 3. The maximum atomic E-state index is 5.95. The predicted molar refractivity (Wildman–Crippen MR) is 110 cm³/mol. The average molecular weight is 370 g/mol. The van der Waals surface area contributed by atoms with Crippen molar-refractivity contribution < 1.29 is 14.2 Å².